The van der Waals surface area contributed by atoms with Crippen molar-refractivity contribution in [1.29, 1.82) is 0 Å². The minimum atomic E-state index is 0.768. The highest BCUT2D eigenvalue weighted by molar-refractivity contribution is 4.91. The first-order valence-corrected chi connectivity index (χ1v) is 9.84. The Morgan fingerprint density at radius 3 is 2.48 bits per heavy atom. The van der Waals surface area contributed by atoms with Crippen LogP contribution in [0.15, 0.2) is 0 Å². The predicted molar refractivity (Wildman–Crippen MR) is 92.7 cm³/mol. The molecule has 2 aliphatic rings. The molecule has 2 rings (SSSR count). The first-order valence-electron chi connectivity index (χ1n) is 9.84. The molecule has 1 aliphatic carbocycles. The first kappa shape index (κ1) is 17.3. The van der Waals surface area contributed by atoms with Crippen molar-refractivity contribution in [2.45, 2.75) is 109 Å². The van der Waals surface area contributed by atoms with Crippen LogP contribution in [0.4, 0.5) is 0 Å². The van der Waals surface area contributed by atoms with Gasteiger partial charge in [-0.3, -0.25) is 0 Å². The second-order valence-electron chi connectivity index (χ2n) is 7.41. The molecule has 0 aromatic carbocycles. The van der Waals surface area contributed by atoms with Gasteiger partial charge in [0, 0.05) is 18.1 Å². The maximum Gasteiger partial charge on any atom is 0.0113 e. The van der Waals surface area contributed by atoms with E-state index in [0.29, 0.717) is 0 Å². The first-order chi connectivity index (χ1) is 10.3. The summed E-state index contributed by atoms with van der Waals surface area (Å²) in [6.07, 6.45) is 16.8. The molecule has 1 heterocycles. The second kappa shape index (κ2) is 9.84. The van der Waals surface area contributed by atoms with Gasteiger partial charge in [-0.25, -0.2) is 0 Å². The quantitative estimate of drug-likeness (QED) is 0.681. The Morgan fingerprint density at radius 2 is 1.76 bits per heavy atom. The fourth-order valence-corrected chi connectivity index (χ4v) is 4.51. The standard InChI is InChI=1S/C19H38N2/c1-3-5-11-16(10-4-2)21-19-14-7-6-12-17(19)18-13-8-9-15-20-18/h16-21H,3-15H2,1-2H3. The molecule has 124 valence electrons. The van der Waals surface area contributed by atoms with Gasteiger partial charge in [-0.05, 0) is 51.0 Å². The van der Waals surface area contributed by atoms with E-state index >= 15 is 0 Å². The minimum absolute atomic E-state index is 0.768. The van der Waals surface area contributed by atoms with Gasteiger partial charge in [0.1, 0.15) is 0 Å². The lowest BCUT2D eigenvalue weighted by Gasteiger charge is -2.41. The maximum atomic E-state index is 4.10. The molecule has 0 amide bonds. The zero-order chi connectivity index (χ0) is 14.9. The third-order valence-corrected chi connectivity index (χ3v) is 5.68. The Balaban J connectivity index is 1.89. The van der Waals surface area contributed by atoms with E-state index in [0.717, 1.165) is 24.0 Å². The minimum Gasteiger partial charge on any atom is -0.314 e. The van der Waals surface area contributed by atoms with Crippen molar-refractivity contribution in [3.63, 3.8) is 0 Å². The molecule has 1 saturated heterocycles. The smallest absolute Gasteiger partial charge is 0.0113 e. The molecule has 0 aromatic heterocycles. The summed E-state index contributed by atoms with van der Waals surface area (Å²) >= 11 is 0. The highest BCUT2D eigenvalue weighted by Crippen LogP contribution is 2.31. The largest absolute Gasteiger partial charge is 0.314 e. The summed E-state index contributed by atoms with van der Waals surface area (Å²) in [4.78, 5) is 0. The van der Waals surface area contributed by atoms with Crippen LogP contribution in [0.5, 0.6) is 0 Å². The van der Waals surface area contributed by atoms with Crippen molar-refractivity contribution >= 4 is 0 Å². The van der Waals surface area contributed by atoms with Gasteiger partial charge in [-0.1, -0.05) is 52.4 Å². The molecular formula is C19H38N2. The number of rotatable bonds is 8. The van der Waals surface area contributed by atoms with Crippen LogP contribution < -0.4 is 10.6 Å². The Kier molecular flexibility index (Phi) is 8.10. The van der Waals surface area contributed by atoms with E-state index in [1.807, 2.05) is 0 Å². The molecule has 0 aromatic rings. The van der Waals surface area contributed by atoms with Crippen molar-refractivity contribution in [2.24, 2.45) is 5.92 Å². The van der Waals surface area contributed by atoms with Gasteiger partial charge in [0.05, 0.1) is 0 Å². The molecule has 21 heavy (non-hydrogen) atoms. The number of hydrogen-bond donors (Lipinski definition) is 2. The Morgan fingerprint density at radius 1 is 0.952 bits per heavy atom. The van der Waals surface area contributed by atoms with Gasteiger partial charge in [-0.15, -0.1) is 0 Å². The molecule has 2 heteroatoms. The fraction of sp³-hybridized carbons (Fsp3) is 1.00. The average Bonchev–Trinajstić information content (AvgIpc) is 2.54. The molecule has 0 radical (unpaired) electrons. The highest BCUT2D eigenvalue weighted by atomic mass is 15.0. The van der Waals surface area contributed by atoms with Gasteiger partial charge >= 0.3 is 0 Å². The third kappa shape index (κ3) is 5.56. The van der Waals surface area contributed by atoms with Crippen LogP contribution >= 0.6 is 0 Å². The Labute approximate surface area is 132 Å². The van der Waals surface area contributed by atoms with Gasteiger partial charge in [0.25, 0.3) is 0 Å². The Hall–Kier alpha value is -0.0800. The zero-order valence-corrected chi connectivity index (χ0v) is 14.5. The molecule has 2 N–H and O–H groups in total. The number of piperidine rings is 1. The molecule has 1 aliphatic heterocycles. The molecule has 4 unspecified atom stereocenters. The Bertz CT molecular complexity index is 260. The average molecular weight is 295 g/mol. The lowest BCUT2D eigenvalue weighted by atomic mass is 9.77. The topological polar surface area (TPSA) is 24.1 Å². The number of nitrogens with one attached hydrogen (secondary N) is 2. The monoisotopic (exact) mass is 294 g/mol. The summed E-state index contributed by atoms with van der Waals surface area (Å²) in [5.41, 5.74) is 0. The molecule has 2 fully saturated rings. The molecule has 4 atom stereocenters. The van der Waals surface area contributed by atoms with Gasteiger partial charge in [0.2, 0.25) is 0 Å². The second-order valence-corrected chi connectivity index (χ2v) is 7.41. The molecule has 1 saturated carbocycles. The number of unbranched alkanes of at least 4 members (excludes halogenated alkanes) is 1. The van der Waals surface area contributed by atoms with Gasteiger partial charge in [0.15, 0.2) is 0 Å². The molecule has 0 spiro atoms. The fourth-order valence-electron chi connectivity index (χ4n) is 4.51. The van der Waals surface area contributed by atoms with Gasteiger partial charge < -0.3 is 10.6 Å². The van der Waals surface area contributed by atoms with Crippen LogP contribution in [0.3, 0.4) is 0 Å². The van der Waals surface area contributed by atoms with Crippen molar-refractivity contribution in [2.75, 3.05) is 6.54 Å². The number of hydrogen-bond acceptors (Lipinski definition) is 2. The SMILES string of the molecule is CCCCC(CCC)NC1CCCCC1C1CCCCN1. The summed E-state index contributed by atoms with van der Waals surface area (Å²) in [6, 6.07) is 2.34. The van der Waals surface area contributed by atoms with Crippen molar-refractivity contribution in [3.8, 4) is 0 Å². The third-order valence-electron chi connectivity index (χ3n) is 5.68. The highest BCUT2D eigenvalue weighted by Gasteiger charge is 2.33. The maximum absolute atomic E-state index is 4.10. The van der Waals surface area contributed by atoms with Crippen molar-refractivity contribution < 1.29 is 0 Å². The normalized spacial score (nSPS) is 32.0. The zero-order valence-electron chi connectivity index (χ0n) is 14.5. The van der Waals surface area contributed by atoms with E-state index in [9.17, 15) is 0 Å². The van der Waals surface area contributed by atoms with Crippen LogP contribution in [0.1, 0.15) is 90.9 Å². The molecular weight excluding hydrogens is 256 g/mol. The summed E-state index contributed by atoms with van der Waals surface area (Å²) < 4.78 is 0. The summed E-state index contributed by atoms with van der Waals surface area (Å²) in [5.74, 6) is 0.889. The van der Waals surface area contributed by atoms with Crippen molar-refractivity contribution in [3.05, 3.63) is 0 Å². The van der Waals surface area contributed by atoms with Crippen LogP contribution in [0.2, 0.25) is 0 Å². The molecule has 0 bridgehead atoms. The van der Waals surface area contributed by atoms with E-state index in [1.165, 1.54) is 83.6 Å². The summed E-state index contributed by atoms with van der Waals surface area (Å²) in [6.45, 7) is 5.90. The summed E-state index contributed by atoms with van der Waals surface area (Å²) in [5, 5.41) is 7.93. The lowest BCUT2D eigenvalue weighted by molar-refractivity contribution is 0.167. The van der Waals surface area contributed by atoms with Crippen LogP contribution in [-0.4, -0.2) is 24.7 Å². The van der Waals surface area contributed by atoms with E-state index in [4.69, 9.17) is 0 Å². The van der Waals surface area contributed by atoms with Crippen molar-refractivity contribution in [1.82, 2.24) is 10.6 Å². The summed E-state index contributed by atoms with van der Waals surface area (Å²) in [7, 11) is 0. The van der Waals surface area contributed by atoms with E-state index in [1.54, 1.807) is 0 Å². The predicted octanol–water partition coefficient (Wildman–Crippen LogP) is 4.64. The molecule has 2 nitrogen and oxygen atoms in total. The lowest BCUT2D eigenvalue weighted by Crippen LogP contribution is -2.52. The van der Waals surface area contributed by atoms with E-state index in [-0.39, 0.29) is 0 Å². The van der Waals surface area contributed by atoms with E-state index < -0.39 is 0 Å². The van der Waals surface area contributed by atoms with E-state index in [2.05, 4.69) is 24.5 Å². The van der Waals surface area contributed by atoms with Gasteiger partial charge in [-0.2, -0.15) is 0 Å². The van der Waals surface area contributed by atoms with Crippen LogP contribution in [0, 0.1) is 5.92 Å². The van der Waals surface area contributed by atoms with Crippen LogP contribution in [0.25, 0.3) is 0 Å². The van der Waals surface area contributed by atoms with Crippen LogP contribution in [-0.2, 0) is 0 Å².